The van der Waals surface area contributed by atoms with Crippen LogP contribution in [-0.2, 0) is 91.3 Å². The Balaban J connectivity index is -0.000000101. The molecule has 0 radical (unpaired) electrons. The van der Waals surface area contributed by atoms with E-state index < -0.39 is 21.8 Å². The van der Waals surface area contributed by atoms with Gasteiger partial charge in [0.1, 0.15) is 0 Å². The minimum atomic E-state index is -5.13. The average molecular weight is 464 g/mol. The number of hydrogen-bond donors (Lipinski definition) is 4. The number of carbonyl (C=O) groups is 1. The van der Waals surface area contributed by atoms with E-state index in [0.29, 0.717) is 0 Å². The predicted octanol–water partition coefficient (Wildman–Crippen LogP) is -0.685. The van der Waals surface area contributed by atoms with Crippen molar-refractivity contribution in [2.75, 3.05) is 0 Å². The van der Waals surface area contributed by atoms with E-state index in [0.717, 1.165) is 0 Å². The Morgan fingerprint density at radius 3 is 1.12 bits per heavy atom. The molecule has 0 amide bonds. The van der Waals surface area contributed by atoms with Gasteiger partial charge in [-0.1, -0.05) is 0 Å². The molecule has 0 aromatic carbocycles. The molecule has 0 unspecified atom stereocenters. The fourth-order valence-electron chi connectivity index (χ4n) is 0.211. The third-order valence-corrected chi connectivity index (χ3v) is 1.16. The smallest absolute Gasteiger partial charge is 0.337 e. The quantitative estimate of drug-likeness (QED) is 0.308. The van der Waals surface area contributed by atoms with Crippen LogP contribution < -0.4 is 0 Å². The summed E-state index contributed by atoms with van der Waals surface area (Å²) in [7, 11) is -10.3. The van der Waals surface area contributed by atoms with Crippen LogP contribution in [0.3, 0.4) is 0 Å². The second-order valence-corrected chi connectivity index (χ2v) is 3.74. The fourth-order valence-corrected chi connectivity index (χ4v) is 0.733. The molecule has 0 aromatic rings. The Labute approximate surface area is 136 Å². The summed E-state index contributed by atoms with van der Waals surface area (Å²) in [5, 5.41) is 0. The van der Waals surface area contributed by atoms with E-state index in [2.05, 4.69) is 9.05 Å². The van der Waals surface area contributed by atoms with Crippen molar-refractivity contribution in [3.63, 3.8) is 0 Å². The zero-order valence-corrected chi connectivity index (χ0v) is 17.3. The first-order chi connectivity index (χ1) is 5.10. The molecule has 0 heterocycles. The summed E-state index contributed by atoms with van der Waals surface area (Å²) in [6.45, 7) is 0. The van der Waals surface area contributed by atoms with Crippen molar-refractivity contribution in [3.8, 4) is 0 Å². The van der Waals surface area contributed by atoms with Crippen molar-refractivity contribution in [2.45, 2.75) is 0 Å². The third kappa shape index (κ3) is 24.9. The van der Waals surface area contributed by atoms with Gasteiger partial charge in [0.2, 0.25) is 0 Å². The number of phosphoric acid groups is 2. The van der Waals surface area contributed by atoms with Crippen molar-refractivity contribution in [1.29, 1.82) is 0 Å². The van der Waals surface area contributed by atoms with Crippen LogP contribution in [0.25, 0.3) is 0 Å². The summed E-state index contributed by atoms with van der Waals surface area (Å²) in [4.78, 5) is 41.7. The van der Waals surface area contributed by atoms with Gasteiger partial charge in [-0.2, -0.15) is 0 Å². The van der Waals surface area contributed by atoms with Gasteiger partial charge < -0.3 is 9.05 Å². The van der Waals surface area contributed by atoms with E-state index in [1.165, 1.54) is 0 Å². The number of phosphoric ester groups is 2. The van der Waals surface area contributed by atoms with Gasteiger partial charge in [0.15, 0.2) is 0 Å². The first kappa shape index (κ1) is 30.7. The first-order valence-corrected chi connectivity index (χ1v) is 5.20. The fraction of sp³-hybridized carbons (Fsp3) is 0. The molecule has 0 saturated heterocycles. The van der Waals surface area contributed by atoms with E-state index in [1.54, 1.807) is 0 Å². The Morgan fingerprint density at radius 2 is 1.00 bits per heavy atom. The molecular formula is CH4Fe2O9P2Zn2. The van der Waals surface area contributed by atoms with Gasteiger partial charge in [-0.05, 0) is 0 Å². The van der Waals surface area contributed by atoms with Crippen molar-refractivity contribution in [3.05, 3.63) is 0 Å². The van der Waals surface area contributed by atoms with E-state index >= 15 is 0 Å². The molecule has 9 nitrogen and oxygen atoms in total. The summed E-state index contributed by atoms with van der Waals surface area (Å²) in [5.74, 6) is 0. The maximum atomic E-state index is 10.0. The van der Waals surface area contributed by atoms with Gasteiger partial charge in [-0.25, -0.2) is 13.9 Å². The Bertz CT molecular complexity index is 245. The van der Waals surface area contributed by atoms with Gasteiger partial charge in [0, 0.05) is 73.1 Å². The van der Waals surface area contributed by atoms with Crippen LogP contribution in [0.4, 0.5) is 4.79 Å². The zero-order valence-electron chi connectivity index (χ0n) is 7.35. The minimum Gasteiger partial charge on any atom is -0.337 e. The third-order valence-electron chi connectivity index (χ3n) is 0.387. The van der Waals surface area contributed by atoms with Crippen molar-refractivity contribution in [1.82, 2.24) is 0 Å². The van der Waals surface area contributed by atoms with Gasteiger partial charge in [0.05, 0.1) is 0 Å². The normalized spacial score (nSPS) is 9.25. The maximum Gasteiger partial charge on any atom is 0.529 e. The zero-order chi connectivity index (χ0) is 9.99. The molecule has 0 aliphatic heterocycles. The maximum absolute atomic E-state index is 10.0. The summed E-state index contributed by atoms with van der Waals surface area (Å²) in [6.07, 6.45) is -2.14. The van der Waals surface area contributed by atoms with Gasteiger partial charge in [-0.15, -0.1) is 0 Å². The van der Waals surface area contributed by atoms with Crippen LogP contribution in [0.15, 0.2) is 0 Å². The van der Waals surface area contributed by atoms with Crippen LogP contribution in [-0.4, -0.2) is 25.7 Å². The van der Waals surface area contributed by atoms with E-state index in [4.69, 9.17) is 19.6 Å². The second kappa shape index (κ2) is 11.9. The average Bonchev–Trinajstić information content (AvgIpc) is 1.49. The van der Waals surface area contributed by atoms with Crippen molar-refractivity contribution < 1.29 is 116 Å². The molecule has 0 bridgehead atoms. The molecule has 0 saturated carbocycles. The molecule has 0 atom stereocenters. The second-order valence-electron chi connectivity index (χ2n) is 1.41. The summed E-state index contributed by atoms with van der Waals surface area (Å²) < 4.78 is 25.9. The molecule has 15 heteroatoms. The molecule has 4 N–H and O–H groups in total. The van der Waals surface area contributed by atoms with Crippen LogP contribution in [0.1, 0.15) is 0 Å². The molecule has 0 aliphatic carbocycles. The Kier molecular flexibility index (Phi) is 22.9. The van der Waals surface area contributed by atoms with E-state index in [1.807, 2.05) is 0 Å². The Hall–Kier alpha value is 1.86. The Morgan fingerprint density at radius 1 is 0.812 bits per heavy atom. The SMILES string of the molecule is O=C(OP(=O)(O)O)OP(=O)(O)O.[Fe].[Fe].[Zn].[Zn]. The number of carbonyl (C=O) groups excluding carboxylic acids is 1. The number of rotatable bonds is 2. The summed E-state index contributed by atoms with van der Waals surface area (Å²) in [6, 6.07) is 0. The van der Waals surface area contributed by atoms with Crippen LogP contribution in [0.2, 0.25) is 0 Å². The molecule has 0 aliphatic rings. The standard InChI is InChI=1S/CH4O9P2.2Fe.2Zn/c2-1(9-11(3,4)5)10-12(6,7)8;;;;/h(H2,3,4,5)(H2,6,7,8);;;;. The molecule has 92 valence electrons. The van der Waals surface area contributed by atoms with Crippen LogP contribution >= 0.6 is 15.6 Å². The molecule has 0 spiro atoms. The predicted molar refractivity (Wildman–Crippen MR) is 31.7 cm³/mol. The molecular weight excluding hydrogens is 460 g/mol. The molecule has 0 fully saturated rings. The minimum absolute atomic E-state index is 0. The summed E-state index contributed by atoms with van der Waals surface area (Å²) in [5.41, 5.74) is 0. The van der Waals surface area contributed by atoms with E-state index in [-0.39, 0.29) is 73.1 Å². The van der Waals surface area contributed by atoms with Crippen LogP contribution in [0, 0.1) is 0 Å². The molecule has 16 heavy (non-hydrogen) atoms. The van der Waals surface area contributed by atoms with Gasteiger partial charge in [-0.3, -0.25) is 19.6 Å². The van der Waals surface area contributed by atoms with E-state index in [9.17, 15) is 13.9 Å². The molecule has 0 aromatic heterocycles. The van der Waals surface area contributed by atoms with Crippen molar-refractivity contribution in [2.24, 2.45) is 0 Å². The summed E-state index contributed by atoms with van der Waals surface area (Å²) >= 11 is 0. The molecule has 0 rings (SSSR count). The number of hydrogen-bond acceptors (Lipinski definition) is 5. The van der Waals surface area contributed by atoms with Gasteiger partial charge in [0.25, 0.3) is 0 Å². The van der Waals surface area contributed by atoms with Crippen molar-refractivity contribution >= 4 is 21.8 Å². The van der Waals surface area contributed by atoms with Gasteiger partial charge >= 0.3 is 21.8 Å². The first-order valence-electron chi connectivity index (χ1n) is 2.14. The largest absolute Gasteiger partial charge is 0.529 e. The monoisotopic (exact) mass is 462 g/mol. The van der Waals surface area contributed by atoms with Crippen LogP contribution in [0.5, 0.6) is 0 Å². The topological polar surface area (TPSA) is 151 Å².